The van der Waals surface area contributed by atoms with Crippen LogP contribution in [0.5, 0.6) is 0 Å². The van der Waals surface area contributed by atoms with E-state index in [2.05, 4.69) is 43.5 Å². The molecule has 0 radical (unpaired) electrons. The minimum absolute atomic E-state index is 0.529. The van der Waals surface area contributed by atoms with Gasteiger partial charge in [-0.1, -0.05) is 6.92 Å². The van der Waals surface area contributed by atoms with Crippen LogP contribution in [0.25, 0.3) is 0 Å². The van der Waals surface area contributed by atoms with E-state index < -0.39 is 0 Å². The topological polar surface area (TPSA) is 49.8 Å². The van der Waals surface area contributed by atoms with Crippen LogP contribution < -0.4 is 10.6 Å². The molecule has 1 aromatic heterocycles. The Morgan fingerprint density at radius 1 is 1.44 bits per heavy atom. The van der Waals surface area contributed by atoms with E-state index in [0.29, 0.717) is 12.0 Å². The van der Waals surface area contributed by atoms with Crippen molar-refractivity contribution in [3.05, 3.63) is 10.7 Å². The van der Waals surface area contributed by atoms with Crippen molar-refractivity contribution in [2.45, 2.75) is 32.2 Å². The molecule has 1 saturated carbocycles. The molecule has 1 heterocycles. The molecule has 4 nitrogen and oxygen atoms in total. The number of nitrogens with zero attached hydrogens (tertiary/aromatic N) is 2. The molecule has 0 aromatic carbocycles. The first-order chi connectivity index (χ1) is 7.69. The van der Waals surface area contributed by atoms with E-state index in [1.54, 1.807) is 6.20 Å². The van der Waals surface area contributed by atoms with Gasteiger partial charge in [-0.2, -0.15) is 4.98 Å². The molecule has 1 fully saturated rings. The fourth-order valence-corrected chi connectivity index (χ4v) is 2.52. The molecule has 0 aliphatic heterocycles. The molecule has 2 unspecified atom stereocenters. The van der Waals surface area contributed by atoms with Crippen LogP contribution in [-0.4, -0.2) is 23.1 Å². The molecule has 2 rings (SSSR count). The van der Waals surface area contributed by atoms with Crippen LogP contribution in [0.2, 0.25) is 0 Å². The first-order valence-corrected chi connectivity index (χ1v) is 6.45. The number of hydrogen-bond acceptors (Lipinski definition) is 4. The normalized spacial score (nSPS) is 24.4. The molecule has 0 amide bonds. The van der Waals surface area contributed by atoms with E-state index in [1.807, 2.05) is 7.05 Å². The van der Waals surface area contributed by atoms with E-state index in [9.17, 15) is 0 Å². The average Bonchev–Trinajstić information content (AvgIpc) is 2.67. The van der Waals surface area contributed by atoms with Gasteiger partial charge in [0.2, 0.25) is 5.95 Å². The number of nitrogens with one attached hydrogen (secondary N) is 2. The maximum absolute atomic E-state index is 4.40. The molecule has 0 saturated heterocycles. The highest BCUT2D eigenvalue weighted by molar-refractivity contribution is 9.10. The summed E-state index contributed by atoms with van der Waals surface area (Å²) in [7, 11) is 1.86. The Bertz CT molecular complexity index is 369. The summed E-state index contributed by atoms with van der Waals surface area (Å²) in [5, 5.41) is 6.42. The molecule has 5 heteroatoms. The number of halogens is 1. The van der Waals surface area contributed by atoms with E-state index in [0.717, 1.165) is 16.2 Å². The van der Waals surface area contributed by atoms with Crippen LogP contribution >= 0.6 is 15.9 Å². The van der Waals surface area contributed by atoms with Crippen molar-refractivity contribution in [3.63, 3.8) is 0 Å². The molecule has 1 aliphatic carbocycles. The zero-order chi connectivity index (χ0) is 11.5. The van der Waals surface area contributed by atoms with Crippen molar-refractivity contribution in [2.75, 3.05) is 17.7 Å². The van der Waals surface area contributed by atoms with Crippen LogP contribution in [0.15, 0.2) is 10.7 Å². The second kappa shape index (κ2) is 4.99. The lowest BCUT2D eigenvalue weighted by atomic mass is 10.1. The van der Waals surface area contributed by atoms with Gasteiger partial charge in [-0.15, -0.1) is 0 Å². The predicted octanol–water partition coefficient (Wildman–Crippen LogP) is 2.88. The Hall–Kier alpha value is -0.840. The highest BCUT2D eigenvalue weighted by Gasteiger charge is 2.21. The maximum atomic E-state index is 4.40. The van der Waals surface area contributed by atoms with E-state index >= 15 is 0 Å². The molecule has 0 spiro atoms. The summed E-state index contributed by atoms with van der Waals surface area (Å²) < 4.78 is 0.889. The third-order valence-electron chi connectivity index (χ3n) is 3.01. The van der Waals surface area contributed by atoms with E-state index in [-0.39, 0.29) is 0 Å². The average molecular weight is 285 g/mol. The van der Waals surface area contributed by atoms with Gasteiger partial charge in [0.25, 0.3) is 0 Å². The molecule has 88 valence electrons. The Balaban J connectivity index is 2.04. The van der Waals surface area contributed by atoms with Crippen LogP contribution in [0.4, 0.5) is 11.8 Å². The fourth-order valence-electron chi connectivity index (χ4n) is 2.13. The Morgan fingerprint density at radius 3 is 2.88 bits per heavy atom. The first kappa shape index (κ1) is 11.6. The lowest BCUT2D eigenvalue weighted by Crippen LogP contribution is -2.17. The maximum Gasteiger partial charge on any atom is 0.224 e. The molecule has 0 bridgehead atoms. The number of rotatable bonds is 3. The van der Waals surface area contributed by atoms with Gasteiger partial charge in [0.15, 0.2) is 0 Å². The van der Waals surface area contributed by atoms with Crippen LogP contribution in [0.3, 0.4) is 0 Å². The highest BCUT2D eigenvalue weighted by atomic mass is 79.9. The van der Waals surface area contributed by atoms with Gasteiger partial charge in [-0.05, 0) is 41.1 Å². The summed E-state index contributed by atoms with van der Waals surface area (Å²) in [6, 6.07) is 0.529. The lowest BCUT2D eigenvalue weighted by molar-refractivity contribution is 0.602. The van der Waals surface area contributed by atoms with Gasteiger partial charge in [-0.25, -0.2) is 4.98 Å². The van der Waals surface area contributed by atoms with Crippen LogP contribution in [0.1, 0.15) is 26.2 Å². The van der Waals surface area contributed by atoms with Gasteiger partial charge in [0.05, 0.1) is 4.47 Å². The SMILES string of the molecule is CNc1nc(NC2CCC(C)C2)ncc1Br. The number of hydrogen-bond donors (Lipinski definition) is 2. The lowest BCUT2D eigenvalue weighted by Gasteiger charge is -2.13. The Labute approximate surface area is 104 Å². The summed E-state index contributed by atoms with van der Waals surface area (Å²) in [5.74, 6) is 2.35. The Morgan fingerprint density at radius 2 is 2.25 bits per heavy atom. The van der Waals surface area contributed by atoms with Gasteiger partial charge >= 0.3 is 0 Å². The summed E-state index contributed by atoms with van der Waals surface area (Å²) in [6.45, 7) is 2.29. The van der Waals surface area contributed by atoms with Crippen molar-refractivity contribution in [1.82, 2.24) is 9.97 Å². The summed E-state index contributed by atoms with van der Waals surface area (Å²) in [4.78, 5) is 8.67. The smallest absolute Gasteiger partial charge is 0.224 e. The summed E-state index contributed by atoms with van der Waals surface area (Å²) in [6.07, 6.45) is 5.51. The first-order valence-electron chi connectivity index (χ1n) is 5.66. The van der Waals surface area contributed by atoms with Crippen LogP contribution in [-0.2, 0) is 0 Å². The zero-order valence-electron chi connectivity index (χ0n) is 9.63. The minimum Gasteiger partial charge on any atom is -0.372 e. The third-order valence-corrected chi connectivity index (χ3v) is 3.59. The fraction of sp³-hybridized carbons (Fsp3) is 0.636. The number of aromatic nitrogens is 2. The van der Waals surface area contributed by atoms with Gasteiger partial charge in [0.1, 0.15) is 5.82 Å². The molecule has 1 aliphatic rings. The minimum atomic E-state index is 0.529. The van der Waals surface area contributed by atoms with Gasteiger partial charge in [-0.3, -0.25) is 0 Å². The van der Waals surface area contributed by atoms with E-state index in [4.69, 9.17) is 0 Å². The monoisotopic (exact) mass is 284 g/mol. The molecule has 2 N–H and O–H groups in total. The largest absolute Gasteiger partial charge is 0.372 e. The van der Waals surface area contributed by atoms with Crippen LogP contribution in [0, 0.1) is 5.92 Å². The predicted molar refractivity (Wildman–Crippen MR) is 69.7 cm³/mol. The molecule has 16 heavy (non-hydrogen) atoms. The molecular weight excluding hydrogens is 268 g/mol. The number of anilines is 2. The van der Waals surface area contributed by atoms with Crippen molar-refractivity contribution in [1.29, 1.82) is 0 Å². The standard InChI is InChI=1S/C11H17BrN4/c1-7-3-4-8(5-7)15-11-14-6-9(12)10(13-2)16-11/h6-8H,3-5H2,1-2H3,(H2,13,14,15,16). The molecular formula is C11H17BrN4. The molecule has 1 aromatic rings. The van der Waals surface area contributed by atoms with Crippen molar-refractivity contribution in [3.8, 4) is 0 Å². The third kappa shape index (κ3) is 2.64. The van der Waals surface area contributed by atoms with Crippen molar-refractivity contribution in [2.24, 2.45) is 5.92 Å². The highest BCUT2D eigenvalue weighted by Crippen LogP contribution is 2.27. The molecule has 2 atom stereocenters. The summed E-state index contributed by atoms with van der Waals surface area (Å²) >= 11 is 3.40. The quantitative estimate of drug-likeness (QED) is 0.896. The van der Waals surface area contributed by atoms with Gasteiger partial charge < -0.3 is 10.6 Å². The van der Waals surface area contributed by atoms with Crippen molar-refractivity contribution < 1.29 is 0 Å². The van der Waals surface area contributed by atoms with Crippen molar-refractivity contribution >= 4 is 27.7 Å². The second-order valence-electron chi connectivity index (χ2n) is 4.40. The second-order valence-corrected chi connectivity index (χ2v) is 5.25. The summed E-state index contributed by atoms with van der Waals surface area (Å²) in [5.41, 5.74) is 0. The Kier molecular flexibility index (Phi) is 3.63. The zero-order valence-corrected chi connectivity index (χ0v) is 11.2. The van der Waals surface area contributed by atoms with E-state index in [1.165, 1.54) is 19.3 Å². The van der Waals surface area contributed by atoms with Gasteiger partial charge in [0, 0.05) is 19.3 Å².